The van der Waals surface area contributed by atoms with Crippen LogP contribution >= 0.6 is 27.7 Å². The number of aromatic nitrogens is 3. The molecule has 1 N–H and O–H groups in total. The van der Waals surface area contributed by atoms with Crippen LogP contribution in [0.5, 0.6) is 5.88 Å². The normalized spacial score (nSPS) is 14.9. The number of nitrogens with one attached hydrogen (secondary N) is 1. The van der Waals surface area contributed by atoms with E-state index in [1.165, 1.54) is 23.9 Å². The van der Waals surface area contributed by atoms with Gasteiger partial charge in [-0.3, -0.25) is 10.1 Å². The van der Waals surface area contributed by atoms with Gasteiger partial charge in [0, 0.05) is 21.5 Å². The van der Waals surface area contributed by atoms with Gasteiger partial charge in [0.2, 0.25) is 11.0 Å². The molecular formula is C19H14BrN5O4S. The Morgan fingerprint density at radius 1 is 1.33 bits per heavy atom. The Morgan fingerprint density at radius 2 is 2.20 bits per heavy atom. The van der Waals surface area contributed by atoms with E-state index in [2.05, 4.69) is 43.0 Å². The Labute approximate surface area is 183 Å². The smallest absolute Gasteiger partial charge is 0.433 e. The summed E-state index contributed by atoms with van der Waals surface area (Å²) in [5.41, 5.74) is 2.06. The molecule has 1 atom stereocenters. The third-order valence-electron chi connectivity index (χ3n) is 3.97. The van der Waals surface area contributed by atoms with Gasteiger partial charge in [0.25, 0.3) is 0 Å². The minimum Gasteiger partial charge on any atom is -0.448 e. The SMILES string of the molecule is C=CCSc1nnc2c(n1)O[C@@H](/C=C/c1ccc([N+](=O)[O-])o1)Nc1ccc(Br)cc1-2. The maximum absolute atomic E-state index is 10.8. The van der Waals surface area contributed by atoms with Crippen LogP contribution in [-0.4, -0.2) is 32.1 Å². The predicted molar refractivity (Wildman–Crippen MR) is 116 cm³/mol. The zero-order valence-corrected chi connectivity index (χ0v) is 17.7. The number of hydrogen-bond donors (Lipinski definition) is 1. The predicted octanol–water partition coefficient (Wildman–Crippen LogP) is 4.92. The lowest BCUT2D eigenvalue weighted by atomic mass is 10.1. The van der Waals surface area contributed by atoms with Gasteiger partial charge in [-0.2, -0.15) is 4.98 Å². The van der Waals surface area contributed by atoms with Crippen LogP contribution in [0.1, 0.15) is 5.76 Å². The topological polar surface area (TPSA) is 116 Å². The van der Waals surface area contributed by atoms with Crippen molar-refractivity contribution in [3.8, 4) is 17.1 Å². The molecule has 0 saturated heterocycles. The van der Waals surface area contributed by atoms with E-state index in [0.717, 1.165) is 15.7 Å². The number of halogens is 1. The van der Waals surface area contributed by atoms with Gasteiger partial charge in [-0.15, -0.1) is 16.8 Å². The van der Waals surface area contributed by atoms with Crippen LogP contribution in [0, 0.1) is 10.1 Å². The molecule has 0 fully saturated rings. The molecule has 11 heteroatoms. The van der Waals surface area contributed by atoms with Gasteiger partial charge in [0.15, 0.2) is 11.9 Å². The van der Waals surface area contributed by atoms with Crippen LogP contribution in [0.25, 0.3) is 17.3 Å². The number of thioether (sulfide) groups is 1. The molecule has 0 spiro atoms. The molecule has 1 aromatic carbocycles. The molecule has 30 heavy (non-hydrogen) atoms. The molecule has 152 valence electrons. The molecule has 0 aliphatic carbocycles. The van der Waals surface area contributed by atoms with Crippen molar-refractivity contribution in [2.75, 3.05) is 11.1 Å². The molecule has 1 aliphatic rings. The van der Waals surface area contributed by atoms with Crippen LogP contribution in [0.3, 0.4) is 0 Å². The minimum atomic E-state index is -0.621. The molecule has 1 aliphatic heterocycles. The van der Waals surface area contributed by atoms with Gasteiger partial charge in [0.1, 0.15) is 10.7 Å². The van der Waals surface area contributed by atoms with Crippen molar-refractivity contribution in [1.82, 2.24) is 15.2 Å². The van der Waals surface area contributed by atoms with E-state index >= 15 is 0 Å². The second kappa shape index (κ2) is 8.67. The molecular weight excluding hydrogens is 474 g/mol. The molecule has 4 rings (SSSR count). The first-order valence-corrected chi connectivity index (χ1v) is 10.5. The third kappa shape index (κ3) is 4.36. The largest absolute Gasteiger partial charge is 0.448 e. The highest BCUT2D eigenvalue weighted by molar-refractivity contribution is 9.10. The average molecular weight is 488 g/mol. The quantitative estimate of drug-likeness (QED) is 0.223. The number of nitrogens with zero attached hydrogens (tertiary/aromatic N) is 4. The van der Waals surface area contributed by atoms with E-state index in [9.17, 15) is 10.1 Å². The summed E-state index contributed by atoms with van der Waals surface area (Å²) in [6.45, 7) is 3.69. The Morgan fingerprint density at radius 3 is 2.97 bits per heavy atom. The number of ether oxygens (including phenoxy) is 1. The fourth-order valence-electron chi connectivity index (χ4n) is 2.68. The summed E-state index contributed by atoms with van der Waals surface area (Å²) in [4.78, 5) is 14.7. The van der Waals surface area contributed by atoms with Crippen LogP contribution in [-0.2, 0) is 0 Å². The first-order chi connectivity index (χ1) is 14.5. The maximum Gasteiger partial charge on any atom is 0.433 e. The van der Waals surface area contributed by atoms with E-state index in [0.29, 0.717) is 28.2 Å². The highest BCUT2D eigenvalue weighted by Crippen LogP contribution is 2.38. The summed E-state index contributed by atoms with van der Waals surface area (Å²) in [5, 5.41) is 23.0. The lowest BCUT2D eigenvalue weighted by Gasteiger charge is -2.15. The van der Waals surface area contributed by atoms with Crippen molar-refractivity contribution in [3.05, 3.63) is 69.4 Å². The highest BCUT2D eigenvalue weighted by Gasteiger charge is 2.24. The molecule has 3 heterocycles. The zero-order chi connectivity index (χ0) is 21.1. The molecule has 9 nitrogen and oxygen atoms in total. The van der Waals surface area contributed by atoms with Crippen molar-refractivity contribution in [1.29, 1.82) is 0 Å². The summed E-state index contributed by atoms with van der Waals surface area (Å²) in [5.74, 6) is 0.962. The number of nitro groups is 1. The minimum absolute atomic E-state index is 0.320. The van der Waals surface area contributed by atoms with Crippen molar-refractivity contribution in [2.24, 2.45) is 0 Å². The average Bonchev–Trinajstić information content (AvgIpc) is 3.15. The van der Waals surface area contributed by atoms with E-state index in [4.69, 9.17) is 9.15 Å². The van der Waals surface area contributed by atoms with Crippen LogP contribution < -0.4 is 10.1 Å². The van der Waals surface area contributed by atoms with Crippen molar-refractivity contribution in [3.63, 3.8) is 0 Å². The molecule has 0 unspecified atom stereocenters. The van der Waals surface area contributed by atoms with Crippen molar-refractivity contribution >= 4 is 45.3 Å². The fourth-order valence-corrected chi connectivity index (χ4v) is 3.56. The van der Waals surface area contributed by atoms with Gasteiger partial charge in [0.05, 0.1) is 6.07 Å². The lowest BCUT2D eigenvalue weighted by molar-refractivity contribution is -0.402. The summed E-state index contributed by atoms with van der Waals surface area (Å²) >= 11 is 4.87. The van der Waals surface area contributed by atoms with Crippen molar-refractivity contribution < 1.29 is 14.1 Å². The zero-order valence-electron chi connectivity index (χ0n) is 15.3. The molecule has 0 radical (unpaired) electrons. The first kappa shape index (κ1) is 20.1. The monoisotopic (exact) mass is 487 g/mol. The Kier molecular flexibility index (Phi) is 5.81. The number of rotatable bonds is 6. The standard InChI is InChI=1S/C19H14BrN5O4S/c1-2-9-30-19-22-18-17(23-24-19)13-10-11(20)3-6-14(13)21-15(29-18)7-4-12-5-8-16(28-12)25(26)27/h2-8,10,15,21H,1,9H2/b7-4+/t15-/m0/s1. The van der Waals surface area contributed by atoms with Gasteiger partial charge in [-0.05, 0) is 36.4 Å². The van der Waals surface area contributed by atoms with Gasteiger partial charge in [-0.1, -0.05) is 33.8 Å². The first-order valence-electron chi connectivity index (χ1n) is 8.67. The van der Waals surface area contributed by atoms with E-state index < -0.39 is 11.2 Å². The Bertz CT molecular complexity index is 1150. The summed E-state index contributed by atoms with van der Waals surface area (Å²) in [7, 11) is 0. The van der Waals surface area contributed by atoms with Crippen LogP contribution in [0.2, 0.25) is 0 Å². The van der Waals surface area contributed by atoms with Crippen LogP contribution in [0.4, 0.5) is 11.6 Å². The molecule has 0 saturated carbocycles. The second-order valence-corrected chi connectivity index (χ2v) is 7.92. The number of hydrogen-bond acceptors (Lipinski definition) is 9. The van der Waals surface area contributed by atoms with Crippen molar-refractivity contribution in [2.45, 2.75) is 11.4 Å². The third-order valence-corrected chi connectivity index (χ3v) is 5.29. The van der Waals surface area contributed by atoms with E-state index in [-0.39, 0.29) is 5.88 Å². The number of anilines is 1. The Balaban J connectivity index is 1.69. The lowest BCUT2D eigenvalue weighted by Crippen LogP contribution is -2.23. The summed E-state index contributed by atoms with van der Waals surface area (Å²) in [6.07, 6.45) is 4.41. The molecule has 0 bridgehead atoms. The van der Waals surface area contributed by atoms with Gasteiger partial charge >= 0.3 is 5.88 Å². The Hall–Kier alpha value is -3.18. The summed E-state index contributed by atoms with van der Waals surface area (Å²) in [6, 6.07) is 8.49. The number of furan rings is 1. The number of benzene rings is 1. The van der Waals surface area contributed by atoms with Gasteiger partial charge in [-0.25, -0.2) is 0 Å². The summed E-state index contributed by atoms with van der Waals surface area (Å²) < 4.78 is 12.1. The molecule has 2 aromatic heterocycles. The number of fused-ring (bicyclic) bond motifs is 3. The maximum atomic E-state index is 10.8. The van der Waals surface area contributed by atoms with E-state index in [1.54, 1.807) is 18.2 Å². The van der Waals surface area contributed by atoms with Gasteiger partial charge < -0.3 is 14.5 Å². The molecule has 3 aromatic rings. The highest BCUT2D eigenvalue weighted by atomic mass is 79.9. The second-order valence-electron chi connectivity index (χ2n) is 6.01. The molecule has 0 amide bonds. The fraction of sp³-hybridized carbons (Fsp3) is 0.105. The van der Waals surface area contributed by atoms with E-state index in [1.807, 2.05) is 18.2 Å². The van der Waals surface area contributed by atoms with Crippen LogP contribution in [0.15, 0.2) is 63.1 Å².